The number of carbonyl (C=O) groups is 2. The summed E-state index contributed by atoms with van der Waals surface area (Å²) in [7, 11) is 1.96. The van der Waals surface area contributed by atoms with Crippen molar-refractivity contribution in [1.29, 1.82) is 0 Å². The van der Waals surface area contributed by atoms with Gasteiger partial charge in [0.05, 0.1) is 28.6 Å². The number of hydrazine groups is 1. The van der Waals surface area contributed by atoms with Crippen molar-refractivity contribution in [3.8, 4) is 0 Å². The van der Waals surface area contributed by atoms with Crippen LogP contribution in [0.3, 0.4) is 0 Å². The molecule has 2 aliphatic heterocycles. The second-order valence-corrected chi connectivity index (χ2v) is 6.55. The molecule has 0 bridgehead atoms. The van der Waals surface area contributed by atoms with Gasteiger partial charge in [0.1, 0.15) is 0 Å². The van der Waals surface area contributed by atoms with E-state index >= 15 is 0 Å². The molecule has 5 heteroatoms. The van der Waals surface area contributed by atoms with Crippen molar-refractivity contribution in [2.45, 2.75) is 33.7 Å². The fourth-order valence-electron chi connectivity index (χ4n) is 3.47. The Morgan fingerprint density at radius 2 is 1.60 bits per heavy atom. The highest BCUT2D eigenvalue weighted by atomic mass is 16.6. The lowest BCUT2D eigenvalue weighted by Gasteiger charge is -2.34. The predicted octanol–water partition coefficient (Wildman–Crippen LogP) is 3.36. The lowest BCUT2D eigenvalue weighted by molar-refractivity contribution is -0.149. The number of rotatable bonds is 2. The maximum Gasteiger partial charge on any atom is 0.347 e. The zero-order chi connectivity index (χ0) is 18.3. The number of hydrogen-bond donors (Lipinski definition) is 0. The number of carbonyl (C=O) groups excluding carboxylic acids is 2. The number of para-hydroxylation sites is 1. The molecular formula is C20H22N2O3. The minimum Gasteiger partial charge on any atom is -0.386 e. The Bertz CT molecular complexity index is 830. The van der Waals surface area contributed by atoms with Crippen molar-refractivity contribution in [2.75, 3.05) is 12.1 Å². The molecule has 25 heavy (non-hydrogen) atoms. The van der Waals surface area contributed by atoms with E-state index in [1.54, 1.807) is 0 Å². The molecule has 1 aromatic rings. The normalized spacial score (nSPS) is 22.4. The maximum atomic E-state index is 12.2. The molecule has 1 fully saturated rings. The molecule has 0 N–H and O–H groups in total. The molecule has 5 nitrogen and oxygen atoms in total. The lowest BCUT2D eigenvalue weighted by Crippen LogP contribution is -2.39. The van der Waals surface area contributed by atoms with Gasteiger partial charge in [-0.05, 0) is 51.5 Å². The van der Waals surface area contributed by atoms with E-state index in [1.807, 2.05) is 63.2 Å². The molecule has 0 aromatic heterocycles. The minimum atomic E-state index is -0.571. The Hall–Kier alpha value is -2.82. The minimum absolute atomic E-state index is 0.126. The van der Waals surface area contributed by atoms with Gasteiger partial charge < -0.3 is 4.74 Å². The highest BCUT2D eigenvalue weighted by molar-refractivity contribution is 6.19. The summed E-state index contributed by atoms with van der Waals surface area (Å²) < 4.78 is 4.85. The topological polar surface area (TPSA) is 49.9 Å². The van der Waals surface area contributed by atoms with Crippen LogP contribution in [-0.2, 0) is 14.3 Å². The summed E-state index contributed by atoms with van der Waals surface area (Å²) in [6.07, 6.45) is 2.09. The van der Waals surface area contributed by atoms with Crippen molar-refractivity contribution in [2.24, 2.45) is 0 Å². The third-order valence-electron chi connectivity index (χ3n) is 4.58. The van der Waals surface area contributed by atoms with Gasteiger partial charge in [0.25, 0.3) is 0 Å². The van der Waals surface area contributed by atoms with Gasteiger partial charge in [-0.25, -0.2) is 9.59 Å². The number of nitrogens with zero attached hydrogens (tertiary/aromatic N) is 2. The van der Waals surface area contributed by atoms with Gasteiger partial charge in [-0.15, -0.1) is 0 Å². The molecule has 0 saturated carbocycles. The van der Waals surface area contributed by atoms with Crippen molar-refractivity contribution in [1.82, 2.24) is 5.01 Å². The fraction of sp³-hybridized carbons (Fsp3) is 0.300. The van der Waals surface area contributed by atoms with Crippen LogP contribution in [0.25, 0.3) is 0 Å². The number of hydrogen-bond acceptors (Lipinski definition) is 5. The number of anilines is 1. The zero-order valence-electron chi connectivity index (χ0n) is 15.2. The van der Waals surface area contributed by atoms with E-state index in [4.69, 9.17) is 4.74 Å². The summed E-state index contributed by atoms with van der Waals surface area (Å²) in [4.78, 5) is 24.3. The van der Waals surface area contributed by atoms with Crippen LogP contribution in [0.5, 0.6) is 0 Å². The van der Waals surface area contributed by atoms with Gasteiger partial charge in [-0.2, -0.15) is 0 Å². The summed E-state index contributed by atoms with van der Waals surface area (Å²) in [6, 6.07) is 10.2. The standard InChI is InChI=1S/C20H22N2O3/c1-12(2)17-18(20(24)25-19(17)23)14(4)16-11-13(3)22(21(16)5)15-9-7-6-8-10-15/h6-11,13H,1-5H3. The average Bonchev–Trinajstić information content (AvgIpc) is 3.03. The third kappa shape index (κ3) is 2.76. The molecule has 1 atom stereocenters. The number of esters is 2. The molecule has 130 valence electrons. The Balaban J connectivity index is 2.05. The SMILES string of the molecule is CC(C)=C1C(=O)OC(=O)C1=C(C)C1=CC(C)N(c2ccccc2)N1C. The molecule has 2 heterocycles. The second-order valence-electron chi connectivity index (χ2n) is 6.55. The van der Waals surface area contributed by atoms with Gasteiger partial charge in [-0.3, -0.25) is 10.0 Å². The molecule has 1 aromatic carbocycles. The molecule has 1 saturated heterocycles. The van der Waals surface area contributed by atoms with Crippen molar-refractivity contribution < 1.29 is 14.3 Å². The first-order valence-corrected chi connectivity index (χ1v) is 8.28. The van der Waals surface area contributed by atoms with Crippen LogP contribution < -0.4 is 5.01 Å². The molecule has 0 amide bonds. The van der Waals surface area contributed by atoms with E-state index in [0.717, 1.165) is 22.5 Å². The molecule has 3 rings (SSSR count). The molecule has 1 unspecified atom stereocenters. The number of allylic oxidation sites excluding steroid dienone is 2. The highest BCUT2D eigenvalue weighted by Gasteiger charge is 2.38. The predicted molar refractivity (Wildman–Crippen MR) is 96.4 cm³/mol. The Morgan fingerprint density at radius 1 is 1.00 bits per heavy atom. The summed E-state index contributed by atoms with van der Waals surface area (Å²) in [5.41, 5.74) is 4.23. The summed E-state index contributed by atoms with van der Waals surface area (Å²) in [6.45, 7) is 7.58. The average molecular weight is 338 g/mol. The van der Waals surface area contributed by atoms with Crippen LogP contribution in [0.4, 0.5) is 5.69 Å². The first-order chi connectivity index (χ1) is 11.8. The van der Waals surface area contributed by atoms with E-state index in [2.05, 4.69) is 18.0 Å². The van der Waals surface area contributed by atoms with E-state index in [-0.39, 0.29) is 6.04 Å². The van der Waals surface area contributed by atoms with Crippen molar-refractivity contribution in [3.05, 3.63) is 64.4 Å². The van der Waals surface area contributed by atoms with Crippen LogP contribution in [0.2, 0.25) is 0 Å². The quantitative estimate of drug-likeness (QED) is 0.470. The zero-order valence-corrected chi connectivity index (χ0v) is 15.2. The number of ether oxygens (including phenoxy) is 1. The van der Waals surface area contributed by atoms with Gasteiger partial charge in [0, 0.05) is 7.05 Å². The number of likely N-dealkylation sites (N-methyl/N-ethyl adjacent to an activating group) is 1. The molecule has 2 aliphatic rings. The first-order valence-electron chi connectivity index (χ1n) is 8.28. The van der Waals surface area contributed by atoms with Crippen LogP contribution in [0.15, 0.2) is 64.4 Å². The summed E-state index contributed by atoms with van der Waals surface area (Å²) in [5.74, 6) is -1.13. The van der Waals surface area contributed by atoms with E-state index < -0.39 is 11.9 Å². The fourth-order valence-corrected chi connectivity index (χ4v) is 3.47. The number of benzene rings is 1. The summed E-state index contributed by atoms with van der Waals surface area (Å²) >= 11 is 0. The van der Waals surface area contributed by atoms with E-state index in [0.29, 0.717) is 11.1 Å². The Morgan fingerprint density at radius 3 is 2.20 bits per heavy atom. The van der Waals surface area contributed by atoms with E-state index in [9.17, 15) is 9.59 Å². The lowest BCUT2D eigenvalue weighted by atomic mass is 9.97. The molecule has 0 spiro atoms. The smallest absolute Gasteiger partial charge is 0.347 e. The Kier molecular flexibility index (Phi) is 4.25. The maximum absolute atomic E-state index is 12.2. The van der Waals surface area contributed by atoms with Crippen molar-refractivity contribution in [3.63, 3.8) is 0 Å². The van der Waals surface area contributed by atoms with Gasteiger partial charge in [0.15, 0.2) is 0 Å². The number of cyclic esters (lactones) is 2. The monoisotopic (exact) mass is 338 g/mol. The van der Waals surface area contributed by atoms with Crippen LogP contribution >= 0.6 is 0 Å². The summed E-state index contributed by atoms with van der Waals surface area (Å²) in [5, 5.41) is 4.16. The van der Waals surface area contributed by atoms with Crippen LogP contribution in [0.1, 0.15) is 27.7 Å². The van der Waals surface area contributed by atoms with Crippen molar-refractivity contribution >= 4 is 17.6 Å². The van der Waals surface area contributed by atoms with Crippen LogP contribution in [0, 0.1) is 0 Å². The van der Waals surface area contributed by atoms with Gasteiger partial charge >= 0.3 is 11.9 Å². The van der Waals surface area contributed by atoms with Crippen LogP contribution in [-0.4, -0.2) is 30.0 Å². The Labute approximate surface area is 147 Å². The second kappa shape index (κ2) is 6.24. The molecular weight excluding hydrogens is 316 g/mol. The van der Waals surface area contributed by atoms with Gasteiger partial charge in [0.2, 0.25) is 0 Å². The van der Waals surface area contributed by atoms with E-state index in [1.165, 1.54) is 0 Å². The first kappa shape index (κ1) is 17.0. The third-order valence-corrected chi connectivity index (χ3v) is 4.58. The largest absolute Gasteiger partial charge is 0.386 e. The molecule has 0 aliphatic carbocycles. The molecule has 0 radical (unpaired) electrons. The van der Waals surface area contributed by atoms with Gasteiger partial charge in [-0.1, -0.05) is 23.8 Å². The highest BCUT2D eigenvalue weighted by Crippen LogP contribution is 2.36.